The summed E-state index contributed by atoms with van der Waals surface area (Å²) < 4.78 is 0. The molecule has 0 radical (unpaired) electrons. The van der Waals surface area contributed by atoms with Crippen molar-refractivity contribution in [1.82, 2.24) is 10.2 Å². The minimum Gasteiger partial charge on any atom is -0.481 e. The molecule has 25 heavy (non-hydrogen) atoms. The molecule has 1 heterocycles. The fourth-order valence-corrected chi connectivity index (χ4v) is 2.89. The lowest BCUT2D eigenvalue weighted by Gasteiger charge is -2.23. The van der Waals surface area contributed by atoms with Gasteiger partial charge in [0, 0.05) is 30.3 Å². The van der Waals surface area contributed by atoms with Gasteiger partial charge in [-0.15, -0.1) is 0 Å². The molecule has 6 nitrogen and oxygen atoms in total. The van der Waals surface area contributed by atoms with Crippen LogP contribution in [0, 0.1) is 5.41 Å². The first-order valence-electron chi connectivity index (χ1n) is 8.58. The summed E-state index contributed by atoms with van der Waals surface area (Å²) in [4.78, 5) is 37.3. The number of amides is 2. The molecule has 1 saturated heterocycles. The van der Waals surface area contributed by atoms with Gasteiger partial charge in [0.15, 0.2) is 0 Å². The molecule has 2 rings (SSSR count). The summed E-state index contributed by atoms with van der Waals surface area (Å²) in [6.45, 7) is 7.26. The predicted octanol–water partition coefficient (Wildman–Crippen LogP) is 2.54. The van der Waals surface area contributed by atoms with E-state index in [9.17, 15) is 14.4 Å². The van der Waals surface area contributed by atoms with Crippen LogP contribution in [0.25, 0.3) is 0 Å². The monoisotopic (exact) mass is 346 g/mol. The quantitative estimate of drug-likeness (QED) is 0.858. The number of likely N-dealkylation sites (tertiary alicyclic amines) is 1. The van der Waals surface area contributed by atoms with E-state index < -0.39 is 5.97 Å². The van der Waals surface area contributed by atoms with Crippen molar-refractivity contribution in [2.75, 3.05) is 13.1 Å². The molecule has 1 aromatic rings. The number of hydrogen-bond donors (Lipinski definition) is 2. The largest absolute Gasteiger partial charge is 0.481 e. The van der Waals surface area contributed by atoms with Gasteiger partial charge in [-0.2, -0.15) is 0 Å². The van der Waals surface area contributed by atoms with E-state index in [0.717, 1.165) is 6.42 Å². The van der Waals surface area contributed by atoms with Gasteiger partial charge in [0.2, 0.25) is 0 Å². The Morgan fingerprint density at radius 3 is 2.32 bits per heavy atom. The molecule has 0 aromatic heterocycles. The first-order chi connectivity index (χ1) is 11.7. The van der Waals surface area contributed by atoms with Gasteiger partial charge in [-0.25, -0.2) is 0 Å². The van der Waals surface area contributed by atoms with E-state index in [-0.39, 0.29) is 29.7 Å². The van der Waals surface area contributed by atoms with Gasteiger partial charge in [-0.1, -0.05) is 20.8 Å². The lowest BCUT2D eigenvalue weighted by Crippen LogP contribution is -2.37. The Morgan fingerprint density at radius 1 is 1.16 bits per heavy atom. The normalized spacial score (nSPS) is 17.4. The zero-order chi connectivity index (χ0) is 18.6. The Kier molecular flexibility index (Phi) is 5.82. The Bertz CT molecular complexity index is 646. The number of carbonyl (C=O) groups excluding carboxylic acids is 2. The summed E-state index contributed by atoms with van der Waals surface area (Å²) in [7, 11) is 0. The number of carboxylic acid groups (broad SMARTS) is 1. The third kappa shape index (κ3) is 5.31. The van der Waals surface area contributed by atoms with Gasteiger partial charge in [0.25, 0.3) is 11.8 Å². The smallest absolute Gasteiger partial charge is 0.305 e. The van der Waals surface area contributed by atoms with E-state index >= 15 is 0 Å². The first-order valence-corrected chi connectivity index (χ1v) is 8.58. The molecular formula is C19H26N2O4. The van der Waals surface area contributed by atoms with Crippen molar-refractivity contribution in [2.24, 2.45) is 5.41 Å². The van der Waals surface area contributed by atoms with E-state index in [1.165, 1.54) is 0 Å². The van der Waals surface area contributed by atoms with Crippen LogP contribution in [0.2, 0.25) is 0 Å². The number of aliphatic carboxylic acids is 1. The number of rotatable bonds is 5. The van der Waals surface area contributed by atoms with Gasteiger partial charge in [-0.3, -0.25) is 14.4 Å². The maximum absolute atomic E-state index is 12.6. The number of nitrogens with zero attached hydrogens (tertiary/aromatic N) is 1. The summed E-state index contributed by atoms with van der Waals surface area (Å²) in [5.74, 6) is -1.24. The predicted molar refractivity (Wildman–Crippen MR) is 94.5 cm³/mol. The maximum atomic E-state index is 12.6. The van der Waals surface area contributed by atoms with E-state index in [0.29, 0.717) is 30.6 Å². The fraction of sp³-hybridized carbons (Fsp3) is 0.526. The van der Waals surface area contributed by atoms with Crippen LogP contribution in [0.1, 0.15) is 60.7 Å². The molecule has 1 aromatic carbocycles. The lowest BCUT2D eigenvalue weighted by molar-refractivity contribution is -0.137. The van der Waals surface area contributed by atoms with Gasteiger partial charge in [0.05, 0.1) is 6.42 Å². The number of benzene rings is 1. The summed E-state index contributed by atoms with van der Waals surface area (Å²) in [5.41, 5.74) is 0.981. The molecule has 0 aliphatic carbocycles. The lowest BCUT2D eigenvalue weighted by atomic mass is 9.97. The van der Waals surface area contributed by atoms with Gasteiger partial charge in [-0.05, 0) is 42.5 Å². The summed E-state index contributed by atoms with van der Waals surface area (Å²) in [5, 5.41) is 11.8. The van der Waals surface area contributed by atoms with Gasteiger partial charge in [0.1, 0.15) is 0 Å². The molecule has 1 aliphatic heterocycles. The van der Waals surface area contributed by atoms with Crippen LogP contribution in [-0.2, 0) is 4.79 Å². The topological polar surface area (TPSA) is 86.7 Å². The van der Waals surface area contributed by atoms with E-state index in [4.69, 9.17) is 5.11 Å². The molecule has 1 aliphatic rings. The van der Waals surface area contributed by atoms with Crippen LogP contribution in [0.5, 0.6) is 0 Å². The summed E-state index contributed by atoms with van der Waals surface area (Å²) in [6.07, 6.45) is 1.50. The van der Waals surface area contributed by atoms with Gasteiger partial charge >= 0.3 is 5.97 Å². The molecule has 136 valence electrons. The van der Waals surface area contributed by atoms with Crippen molar-refractivity contribution in [3.8, 4) is 0 Å². The van der Waals surface area contributed by atoms with Crippen LogP contribution in [0.4, 0.5) is 0 Å². The second kappa shape index (κ2) is 7.68. The second-order valence-corrected chi connectivity index (χ2v) is 7.71. The van der Waals surface area contributed by atoms with Crippen LogP contribution in [0.3, 0.4) is 0 Å². The Morgan fingerprint density at radius 2 is 1.76 bits per heavy atom. The number of hydrogen-bond acceptors (Lipinski definition) is 3. The van der Waals surface area contributed by atoms with Crippen LogP contribution in [0.15, 0.2) is 24.3 Å². The number of nitrogens with one attached hydrogen (secondary N) is 1. The number of carbonyl (C=O) groups is 3. The molecule has 0 bridgehead atoms. The minimum absolute atomic E-state index is 0.000469. The Labute approximate surface area is 148 Å². The molecular weight excluding hydrogens is 320 g/mol. The van der Waals surface area contributed by atoms with Crippen LogP contribution < -0.4 is 5.32 Å². The maximum Gasteiger partial charge on any atom is 0.305 e. The number of carboxylic acids is 1. The summed E-state index contributed by atoms with van der Waals surface area (Å²) in [6, 6.07) is 6.27. The second-order valence-electron chi connectivity index (χ2n) is 7.71. The molecule has 0 spiro atoms. The van der Waals surface area contributed by atoms with Crippen molar-refractivity contribution >= 4 is 17.8 Å². The van der Waals surface area contributed by atoms with Crippen molar-refractivity contribution in [1.29, 1.82) is 0 Å². The average Bonchev–Trinajstić information content (AvgIpc) is 2.98. The van der Waals surface area contributed by atoms with Gasteiger partial charge < -0.3 is 15.3 Å². The fourth-order valence-electron chi connectivity index (χ4n) is 2.89. The van der Waals surface area contributed by atoms with Crippen molar-refractivity contribution < 1.29 is 19.5 Å². The van der Waals surface area contributed by atoms with E-state index in [2.05, 4.69) is 5.32 Å². The average molecular weight is 346 g/mol. The SMILES string of the molecule is CC(C)(C)CNC(=O)c1ccc(C(=O)N2CCCC2CC(=O)O)cc1. The highest BCUT2D eigenvalue weighted by Gasteiger charge is 2.30. The van der Waals surface area contributed by atoms with E-state index in [1.54, 1.807) is 29.2 Å². The molecule has 1 unspecified atom stereocenters. The summed E-state index contributed by atoms with van der Waals surface area (Å²) >= 11 is 0. The zero-order valence-corrected chi connectivity index (χ0v) is 15.0. The third-order valence-electron chi connectivity index (χ3n) is 4.22. The standard InChI is InChI=1S/C19H26N2O4/c1-19(2,3)12-20-17(24)13-6-8-14(9-7-13)18(25)21-10-4-5-15(21)11-16(22)23/h6-9,15H,4-5,10-12H2,1-3H3,(H,20,24)(H,22,23). The van der Waals surface area contributed by atoms with Crippen molar-refractivity contribution in [3.63, 3.8) is 0 Å². The van der Waals surface area contributed by atoms with E-state index in [1.807, 2.05) is 20.8 Å². The highest BCUT2D eigenvalue weighted by atomic mass is 16.4. The van der Waals surface area contributed by atoms with Crippen molar-refractivity contribution in [3.05, 3.63) is 35.4 Å². The highest BCUT2D eigenvalue weighted by Crippen LogP contribution is 2.22. The Hall–Kier alpha value is -2.37. The highest BCUT2D eigenvalue weighted by molar-refractivity contribution is 5.98. The third-order valence-corrected chi connectivity index (χ3v) is 4.22. The molecule has 1 atom stereocenters. The minimum atomic E-state index is -0.893. The first kappa shape index (κ1) is 19.0. The molecule has 6 heteroatoms. The molecule has 2 amide bonds. The van der Waals surface area contributed by atoms with Crippen LogP contribution >= 0.6 is 0 Å². The van der Waals surface area contributed by atoms with Crippen LogP contribution in [-0.4, -0.2) is 46.9 Å². The zero-order valence-electron chi connectivity index (χ0n) is 15.0. The molecule has 0 saturated carbocycles. The molecule has 1 fully saturated rings. The van der Waals surface area contributed by atoms with Crippen molar-refractivity contribution in [2.45, 2.75) is 46.1 Å². The Balaban J connectivity index is 2.02. The molecule has 2 N–H and O–H groups in total.